The normalized spacial score (nSPS) is 11.1. The number of pyridine rings is 1. The number of nitriles is 1. The van der Waals surface area contributed by atoms with Crippen molar-refractivity contribution < 1.29 is 4.39 Å². The Morgan fingerprint density at radius 1 is 1.03 bits per heavy atom. The highest BCUT2D eigenvalue weighted by Gasteiger charge is 2.16. The largest absolute Gasteiger partial charge is 0.344 e. The van der Waals surface area contributed by atoms with E-state index in [4.69, 9.17) is 28.5 Å². The van der Waals surface area contributed by atoms with Crippen molar-refractivity contribution in [2.75, 3.05) is 11.9 Å². The SMILES string of the molecule is CN(c1cccc(-c2ccc(C#N)cc2Cl)c1)c1cc2nncn2c2cc(Cl)c(F)cc12. The molecule has 8 heteroatoms. The average molecular weight is 462 g/mol. The van der Waals surface area contributed by atoms with Crippen molar-refractivity contribution in [1.82, 2.24) is 14.6 Å². The van der Waals surface area contributed by atoms with Crippen LogP contribution in [0.5, 0.6) is 0 Å². The van der Waals surface area contributed by atoms with Crippen molar-refractivity contribution in [3.63, 3.8) is 0 Å². The summed E-state index contributed by atoms with van der Waals surface area (Å²) in [5, 5.41) is 18.4. The molecule has 0 N–H and O–H groups in total. The molecule has 5 rings (SSSR count). The Balaban J connectivity index is 1.66. The van der Waals surface area contributed by atoms with Gasteiger partial charge in [0.25, 0.3) is 0 Å². The lowest BCUT2D eigenvalue weighted by atomic mass is 10.0. The molecule has 0 fully saturated rings. The van der Waals surface area contributed by atoms with Gasteiger partial charge in [-0.25, -0.2) is 4.39 Å². The van der Waals surface area contributed by atoms with Gasteiger partial charge in [-0.3, -0.25) is 4.40 Å². The Labute approximate surface area is 192 Å². The smallest absolute Gasteiger partial charge is 0.163 e. The molecular weight excluding hydrogens is 448 g/mol. The summed E-state index contributed by atoms with van der Waals surface area (Å²) in [6, 6.07) is 20.0. The Kier molecular flexibility index (Phi) is 4.93. The van der Waals surface area contributed by atoms with Gasteiger partial charge in [0, 0.05) is 34.8 Å². The van der Waals surface area contributed by atoms with Gasteiger partial charge >= 0.3 is 0 Å². The summed E-state index contributed by atoms with van der Waals surface area (Å²) in [7, 11) is 1.90. The summed E-state index contributed by atoms with van der Waals surface area (Å²) in [6.07, 6.45) is 1.57. The third-order valence-corrected chi connectivity index (χ3v) is 6.02. The zero-order valence-corrected chi connectivity index (χ0v) is 18.2. The summed E-state index contributed by atoms with van der Waals surface area (Å²) in [5.74, 6) is -0.501. The first-order chi connectivity index (χ1) is 15.5. The fourth-order valence-corrected chi connectivity index (χ4v) is 4.23. The molecule has 5 nitrogen and oxygen atoms in total. The molecule has 0 radical (unpaired) electrons. The highest BCUT2D eigenvalue weighted by Crippen LogP contribution is 2.37. The van der Waals surface area contributed by atoms with Crippen molar-refractivity contribution in [1.29, 1.82) is 5.26 Å². The van der Waals surface area contributed by atoms with Crippen LogP contribution in [0.1, 0.15) is 5.56 Å². The van der Waals surface area contributed by atoms with Gasteiger partial charge in [-0.05, 0) is 42.0 Å². The Morgan fingerprint density at radius 3 is 2.66 bits per heavy atom. The van der Waals surface area contributed by atoms with E-state index < -0.39 is 5.82 Å². The summed E-state index contributed by atoms with van der Waals surface area (Å²) in [5.41, 5.74) is 5.14. The number of anilines is 2. The second-order valence-electron chi connectivity index (χ2n) is 7.29. The van der Waals surface area contributed by atoms with Crippen LogP contribution >= 0.6 is 23.2 Å². The van der Waals surface area contributed by atoms with Crippen LogP contribution < -0.4 is 4.90 Å². The van der Waals surface area contributed by atoms with E-state index in [0.29, 0.717) is 27.1 Å². The second-order valence-corrected chi connectivity index (χ2v) is 8.10. The molecule has 32 heavy (non-hydrogen) atoms. The summed E-state index contributed by atoms with van der Waals surface area (Å²) in [6.45, 7) is 0. The minimum atomic E-state index is -0.501. The molecule has 0 unspecified atom stereocenters. The first-order valence-electron chi connectivity index (χ1n) is 9.61. The van der Waals surface area contributed by atoms with E-state index in [0.717, 1.165) is 22.5 Å². The van der Waals surface area contributed by atoms with Crippen LogP contribution in [0.4, 0.5) is 15.8 Å². The van der Waals surface area contributed by atoms with Crippen molar-refractivity contribution in [2.45, 2.75) is 0 Å². The molecule has 0 aliphatic rings. The van der Waals surface area contributed by atoms with Crippen LogP contribution in [-0.2, 0) is 0 Å². The van der Waals surface area contributed by atoms with Crippen molar-refractivity contribution in [2.24, 2.45) is 0 Å². The molecule has 2 heterocycles. The number of hydrogen-bond donors (Lipinski definition) is 0. The van der Waals surface area contributed by atoms with E-state index in [-0.39, 0.29) is 5.02 Å². The van der Waals surface area contributed by atoms with Crippen LogP contribution in [0, 0.1) is 17.1 Å². The van der Waals surface area contributed by atoms with Gasteiger partial charge in [-0.15, -0.1) is 10.2 Å². The van der Waals surface area contributed by atoms with E-state index in [1.807, 2.05) is 48.3 Å². The first-order valence-corrected chi connectivity index (χ1v) is 10.4. The third-order valence-electron chi connectivity index (χ3n) is 5.42. The zero-order chi connectivity index (χ0) is 22.4. The molecular formula is C24H14Cl2FN5. The van der Waals surface area contributed by atoms with Crippen molar-refractivity contribution >= 4 is 51.1 Å². The lowest BCUT2D eigenvalue weighted by Gasteiger charge is -2.23. The van der Waals surface area contributed by atoms with E-state index in [1.165, 1.54) is 6.07 Å². The molecule has 0 aliphatic heterocycles. The predicted octanol–water partition coefficient (Wildman–Crippen LogP) is 6.63. The molecule has 5 aromatic rings. The zero-order valence-electron chi connectivity index (χ0n) is 16.7. The van der Waals surface area contributed by atoms with Gasteiger partial charge in [-0.1, -0.05) is 41.4 Å². The monoisotopic (exact) mass is 461 g/mol. The molecule has 0 amide bonds. The third kappa shape index (κ3) is 3.32. The van der Waals surface area contributed by atoms with Gasteiger partial charge in [0.05, 0.1) is 27.9 Å². The summed E-state index contributed by atoms with van der Waals surface area (Å²) in [4.78, 5) is 1.95. The molecule has 2 aromatic heterocycles. The number of rotatable bonds is 3. The highest BCUT2D eigenvalue weighted by atomic mass is 35.5. The number of fused-ring (bicyclic) bond motifs is 3. The molecule has 0 atom stereocenters. The van der Waals surface area contributed by atoms with Crippen LogP contribution in [0.3, 0.4) is 0 Å². The molecule has 0 saturated heterocycles. The number of halogens is 3. The summed E-state index contributed by atoms with van der Waals surface area (Å²) >= 11 is 12.5. The van der Waals surface area contributed by atoms with Crippen LogP contribution in [0.2, 0.25) is 10.0 Å². The number of hydrogen-bond acceptors (Lipinski definition) is 4. The molecule has 0 spiro atoms. The molecule has 156 valence electrons. The van der Waals surface area contributed by atoms with E-state index >= 15 is 0 Å². The molecule has 0 bridgehead atoms. The fourth-order valence-electron chi connectivity index (χ4n) is 3.79. The van der Waals surface area contributed by atoms with Crippen LogP contribution in [0.25, 0.3) is 27.7 Å². The Bertz CT molecular complexity index is 1550. The molecule has 0 saturated carbocycles. The minimum Gasteiger partial charge on any atom is -0.344 e. The lowest BCUT2D eigenvalue weighted by Crippen LogP contribution is -2.11. The predicted molar refractivity (Wildman–Crippen MR) is 125 cm³/mol. The summed E-state index contributed by atoms with van der Waals surface area (Å²) < 4.78 is 16.2. The van der Waals surface area contributed by atoms with Crippen LogP contribution in [0.15, 0.2) is 67.0 Å². The maximum atomic E-state index is 14.4. The average Bonchev–Trinajstić information content (AvgIpc) is 3.28. The topological polar surface area (TPSA) is 57.2 Å². The van der Waals surface area contributed by atoms with Gasteiger partial charge in [0.2, 0.25) is 0 Å². The minimum absolute atomic E-state index is 0.0322. The standard InChI is InChI=1S/C24H14Cl2FN5/c1-31(16-4-2-3-15(8-16)17-6-5-14(12-28)7-19(17)25)22-11-24-30-29-13-32(24)23-10-20(26)21(27)9-18(22)23/h2-11,13H,1H3. The highest BCUT2D eigenvalue weighted by molar-refractivity contribution is 6.33. The first kappa shape index (κ1) is 20.3. The van der Waals surface area contributed by atoms with E-state index in [9.17, 15) is 4.39 Å². The number of benzene rings is 3. The van der Waals surface area contributed by atoms with Gasteiger partial charge in [0.1, 0.15) is 12.1 Å². The lowest BCUT2D eigenvalue weighted by molar-refractivity contribution is 0.630. The van der Waals surface area contributed by atoms with Crippen molar-refractivity contribution in [3.8, 4) is 17.2 Å². The van der Waals surface area contributed by atoms with Gasteiger partial charge in [-0.2, -0.15) is 5.26 Å². The maximum Gasteiger partial charge on any atom is 0.163 e. The van der Waals surface area contributed by atoms with Crippen LogP contribution in [-0.4, -0.2) is 21.6 Å². The number of nitrogens with zero attached hydrogens (tertiary/aromatic N) is 5. The maximum absolute atomic E-state index is 14.4. The number of aromatic nitrogens is 3. The molecule has 0 aliphatic carbocycles. The van der Waals surface area contributed by atoms with Gasteiger partial charge in [0.15, 0.2) is 5.65 Å². The fraction of sp³-hybridized carbons (Fsp3) is 0.0417. The molecule has 3 aromatic carbocycles. The van der Waals surface area contributed by atoms with E-state index in [1.54, 1.807) is 28.9 Å². The van der Waals surface area contributed by atoms with Gasteiger partial charge < -0.3 is 4.90 Å². The quantitative estimate of drug-likeness (QED) is 0.302. The second kappa shape index (κ2) is 7.79. The van der Waals surface area contributed by atoms with Crippen molar-refractivity contribution in [3.05, 3.63) is 88.4 Å². The van der Waals surface area contributed by atoms with E-state index in [2.05, 4.69) is 16.3 Å². The Hall–Kier alpha value is -3.66. The Morgan fingerprint density at radius 2 is 1.88 bits per heavy atom.